The van der Waals surface area contributed by atoms with Gasteiger partial charge in [-0.3, -0.25) is 9.78 Å². The number of benzene rings is 1. The predicted molar refractivity (Wildman–Crippen MR) is 112 cm³/mol. The van der Waals surface area contributed by atoms with Crippen molar-refractivity contribution >= 4 is 28.3 Å². The van der Waals surface area contributed by atoms with E-state index in [1.54, 1.807) is 10.7 Å². The molecule has 0 fully saturated rings. The van der Waals surface area contributed by atoms with Crippen LogP contribution in [0.3, 0.4) is 0 Å². The molecule has 148 valence electrons. The Labute approximate surface area is 168 Å². The van der Waals surface area contributed by atoms with Crippen LogP contribution in [0.4, 0.5) is 5.82 Å². The van der Waals surface area contributed by atoms with Crippen LogP contribution in [-0.4, -0.2) is 32.7 Å². The van der Waals surface area contributed by atoms with Crippen LogP contribution in [0.15, 0.2) is 48.8 Å². The van der Waals surface area contributed by atoms with E-state index in [0.717, 1.165) is 59.1 Å². The fraction of sp³-hybridized carbons (Fsp3) is 0.273. The Morgan fingerprint density at radius 1 is 1.14 bits per heavy atom. The minimum Gasteiger partial charge on any atom is -0.469 e. The average Bonchev–Trinajstić information content (AvgIpc) is 3.17. The molecule has 3 heterocycles. The topological polar surface area (TPSA) is 95.4 Å². The number of nitrogens with two attached hydrogens (primary N) is 1. The highest BCUT2D eigenvalue weighted by atomic mass is 16.5. The number of ether oxygens (including phenoxy) is 1. The molecule has 0 aliphatic carbocycles. The summed E-state index contributed by atoms with van der Waals surface area (Å²) in [6, 6.07) is 12.0. The second-order valence-electron chi connectivity index (χ2n) is 7.02. The van der Waals surface area contributed by atoms with Crippen molar-refractivity contribution in [1.29, 1.82) is 0 Å². The number of carbonyl (C=O) groups is 1. The Morgan fingerprint density at radius 3 is 2.86 bits per heavy atom. The number of fused-ring (bicyclic) bond motifs is 2. The van der Waals surface area contributed by atoms with Crippen molar-refractivity contribution in [3.8, 4) is 11.1 Å². The van der Waals surface area contributed by atoms with Crippen molar-refractivity contribution in [3.63, 3.8) is 0 Å². The summed E-state index contributed by atoms with van der Waals surface area (Å²) in [5.41, 5.74) is 10.7. The maximum absolute atomic E-state index is 11.2. The van der Waals surface area contributed by atoms with Gasteiger partial charge in [-0.05, 0) is 31.4 Å². The maximum atomic E-state index is 11.2. The second kappa shape index (κ2) is 8.26. The number of aromatic nitrogens is 4. The van der Waals surface area contributed by atoms with E-state index >= 15 is 0 Å². The van der Waals surface area contributed by atoms with E-state index < -0.39 is 0 Å². The SMILES string of the molecule is COC(=O)CCCCCc1cc(N)n2ncc(-c3cnc4ccccc4c3)c2n1. The molecule has 0 radical (unpaired) electrons. The molecular formula is C22H23N5O2. The van der Waals surface area contributed by atoms with Crippen molar-refractivity contribution < 1.29 is 9.53 Å². The van der Waals surface area contributed by atoms with Gasteiger partial charge in [-0.25, -0.2) is 4.98 Å². The Morgan fingerprint density at radius 2 is 2.00 bits per heavy atom. The van der Waals surface area contributed by atoms with E-state index in [-0.39, 0.29) is 5.97 Å². The Kier molecular flexibility index (Phi) is 5.37. The molecule has 1 aromatic carbocycles. The third-order valence-corrected chi connectivity index (χ3v) is 5.00. The van der Waals surface area contributed by atoms with Crippen LogP contribution in [0.5, 0.6) is 0 Å². The summed E-state index contributed by atoms with van der Waals surface area (Å²) in [5, 5.41) is 5.47. The van der Waals surface area contributed by atoms with Crippen LogP contribution in [0.25, 0.3) is 27.7 Å². The lowest BCUT2D eigenvalue weighted by molar-refractivity contribution is -0.140. The van der Waals surface area contributed by atoms with Gasteiger partial charge in [0.2, 0.25) is 0 Å². The molecule has 4 aromatic rings. The van der Waals surface area contributed by atoms with Crippen molar-refractivity contribution in [2.75, 3.05) is 12.8 Å². The van der Waals surface area contributed by atoms with Gasteiger partial charge in [0.15, 0.2) is 5.65 Å². The number of hydrogen-bond donors (Lipinski definition) is 1. The Hall–Kier alpha value is -3.48. The van der Waals surface area contributed by atoms with E-state index in [4.69, 9.17) is 10.7 Å². The molecule has 2 N–H and O–H groups in total. The van der Waals surface area contributed by atoms with Gasteiger partial charge in [0.25, 0.3) is 0 Å². The molecule has 0 bridgehead atoms. The number of hydrogen-bond acceptors (Lipinski definition) is 6. The van der Waals surface area contributed by atoms with Gasteiger partial charge in [0.05, 0.1) is 18.8 Å². The molecule has 29 heavy (non-hydrogen) atoms. The lowest BCUT2D eigenvalue weighted by Crippen LogP contribution is -2.04. The Balaban J connectivity index is 1.57. The summed E-state index contributed by atoms with van der Waals surface area (Å²) in [4.78, 5) is 20.5. The normalized spacial score (nSPS) is 11.2. The summed E-state index contributed by atoms with van der Waals surface area (Å²) >= 11 is 0. The zero-order valence-corrected chi connectivity index (χ0v) is 16.3. The van der Waals surface area contributed by atoms with Gasteiger partial charge < -0.3 is 10.5 Å². The van der Waals surface area contributed by atoms with E-state index in [2.05, 4.69) is 20.9 Å². The number of anilines is 1. The van der Waals surface area contributed by atoms with Crippen LogP contribution in [0.2, 0.25) is 0 Å². The van der Waals surface area contributed by atoms with E-state index in [9.17, 15) is 4.79 Å². The number of para-hydroxylation sites is 1. The highest BCUT2D eigenvalue weighted by molar-refractivity contribution is 5.86. The molecular weight excluding hydrogens is 366 g/mol. The lowest BCUT2D eigenvalue weighted by Gasteiger charge is -2.06. The van der Waals surface area contributed by atoms with Crippen LogP contribution >= 0.6 is 0 Å². The first-order chi connectivity index (χ1) is 14.2. The van der Waals surface area contributed by atoms with Gasteiger partial charge in [0.1, 0.15) is 5.82 Å². The first kappa shape index (κ1) is 18.9. The highest BCUT2D eigenvalue weighted by Gasteiger charge is 2.13. The maximum Gasteiger partial charge on any atom is 0.305 e. The number of esters is 1. The van der Waals surface area contributed by atoms with Crippen LogP contribution in [-0.2, 0) is 16.0 Å². The number of aryl methyl sites for hydroxylation is 1. The summed E-state index contributed by atoms with van der Waals surface area (Å²) in [6.07, 6.45) is 7.55. The van der Waals surface area contributed by atoms with Crippen molar-refractivity contribution in [2.45, 2.75) is 32.1 Å². The largest absolute Gasteiger partial charge is 0.469 e. The first-order valence-electron chi connectivity index (χ1n) is 9.71. The minimum atomic E-state index is -0.165. The predicted octanol–water partition coefficient (Wildman–Crippen LogP) is 3.80. The fourth-order valence-electron chi connectivity index (χ4n) is 3.44. The molecule has 0 spiro atoms. The van der Waals surface area contributed by atoms with E-state index in [0.29, 0.717) is 12.2 Å². The van der Waals surface area contributed by atoms with Crippen molar-refractivity contribution in [3.05, 3.63) is 54.5 Å². The monoisotopic (exact) mass is 389 g/mol. The molecule has 0 atom stereocenters. The number of rotatable bonds is 7. The number of methoxy groups -OCH3 is 1. The zero-order chi connectivity index (χ0) is 20.2. The molecule has 4 rings (SSSR count). The number of carbonyl (C=O) groups excluding carboxylic acids is 1. The smallest absolute Gasteiger partial charge is 0.305 e. The molecule has 0 aliphatic heterocycles. The van der Waals surface area contributed by atoms with Crippen LogP contribution in [0.1, 0.15) is 31.4 Å². The van der Waals surface area contributed by atoms with Gasteiger partial charge in [-0.15, -0.1) is 0 Å². The minimum absolute atomic E-state index is 0.165. The lowest BCUT2D eigenvalue weighted by atomic mass is 10.1. The molecule has 0 saturated carbocycles. The van der Waals surface area contributed by atoms with Gasteiger partial charge in [-0.2, -0.15) is 9.61 Å². The zero-order valence-electron chi connectivity index (χ0n) is 16.3. The van der Waals surface area contributed by atoms with Crippen LogP contribution < -0.4 is 5.73 Å². The number of nitrogen functional groups attached to an aromatic ring is 1. The van der Waals surface area contributed by atoms with E-state index in [1.165, 1.54) is 7.11 Å². The highest BCUT2D eigenvalue weighted by Crippen LogP contribution is 2.27. The molecule has 3 aromatic heterocycles. The number of unbranched alkanes of at least 4 members (excludes halogenated alkanes) is 2. The van der Waals surface area contributed by atoms with E-state index in [1.807, 2.05) is 36.5 Å². The Bertz CT molecular complexity index is 1170. The molecule has 0 amide bonds. The van der Waals surface area contributed by atoms with Crippen LogP contribution in [0, 0.1) is 0 Å². The third-order valence-electron chi connectivity index (χ3n) is 5.00. The molecule has 7 nitrogen and oxygen atoms in total. The number of nitrogens with zero attached hydrogens (tertiary/aromatic N) is 4. The van der Waals surface area contributed by atoms with Crippen molar-refractivity contribution in [2.24, 2.45) is 0 Å². The van der Waals surface area contributed by atoms with Gasteiger partial charge in [-0.1, -0.05) is 24.6 Å². The van der Waals surface area contributed by atoms with Gasteiger partial charge in [0, 0.05) is 40.9 Å². The summed E-state index contributed by atoms with van der Waals surface area (Å²) in [5.74, 6) is 0.390. The number of pyridine rings is 1. The summed E-state index contributed by atoms with van der Waals surface area (Å²) < 4.78 is 6.33. The summed E-state index contributed by atoms with van der Waals surface area (Å²) in [7, 11) is 1.42. The molecule has 0 saturated heterocycles. The molecule has 0 unspecified atom stereocenters. The molecule has 0 aliphatic rings. The van der Waals surface area contributed by atoms with Crippen molar-refractivity contribution in [1.82, 2.24) is 19.6 Å². The quantitative estimate of drug-likeness (QED) is 0.381. The fourth-order valence-corrected chi connectivity index (χ4v) is 3.44. The van der Waals surface area contributed by atoms with Gasteiger partial charge >= 0.3 is 5.97 Å². The first-order valence-corrected chi connectivity index (χ1v) is 9.71. The standard InChI is InChI=1S/C22H23N5O2/c1-29-21(28)10-4-2-3-8-17-12-20(23)27-22(26-17)18(14-25-27)16-11-15-7-5-6-9-19(15)24-13-16/h5-7,9,11-14H,2-4,8,10,23H2,1H3. The third kappa shape index (κ3) is 4.03. The second-order valence-corrected chi connectivity index (χ2v) is 7.02. The molecule has 7 heteroatoms. The average molecular weight is 389 g/mol. The summed E-state index contributed by atoms with van der Waals surface area (Å²) in [6.45, 7) is 0.